The van der Waals surface area contributed by atoms with Crippen LogP contribution in [0.4, 0.5) is 0 Å². The SMILES string of the molecule is CCCCCCCCCCCCCCCCCCCCCCOC(CCCCCCCCCCCCCCCCCCCC)C([O])=O. The van der Waals surface area contributed by atoms with E-state index in [4.69, 9.17) is 4.74 Å². The molecule has 0 aliphatic heterocycles. The molecule has 0 bridgehead atoms. The van der Waals surface area contributed by atoms with Crippen LogP contribution in [0, 0.1) is 0 Å². The Kier molecular flexibility index (Phi) is 41.1. The molecule has 1 atom stereocenters. The lowest BCUT2D eigenvalue weighted by Crippen LogP contribution is -2.23. The van der Waals surface area contributed by atoms with E-state index in [2.05, 4.69) is 13.8 Å². The normalized spacial score (nSPS) is 12.2. The van der Waals surface area contributed by atoms with Crippen LogP contribution in [0.2, 0.25) is 0 Å². The second kappa shape index (κ2) is 41.6. The Morgan fingerprint density at radius 1 is 0.340 bits per heavy atom. The zero-order valence-corrected chi connectivity index (χ0v) is 32.6. The van der Waals surface area contributed by atoms with E-state index in [0.717, 1.165) is 25.7 Å². The van der Waals surface area contributed by atoms with E-state index in [9.17, 15) is 9.90 Å². The minimum atomic E-state index is -1.02. The molecule has 47 heavy (non-hydrogen) atoms. The third-order valence-corrected chi connectivity index (χ3v) is 10.4. The number of carbonyl (C=O) groups is 1. The molecule has 0 rings (SSSR count). The molecular formula is C44H87O3. The number of rotatable bonds is 42. The molecule has 0 aliphatic carbocycles. The number of carbonyl (C=O) groups excluding carboxylic acids is 1. The van der Waals surface area contributed by atoms with Gasteiger partial charge < -0.3 is 4.74 Å². The third kappa shape index (κ3) is 39.7. The van der Waals surface area contributed by atoms with Crippen LogP contribution < -0.4 is 0 Å². The van der Waals surface area contributed by atoms with Crippen LogP contribution in [0.25, 0.3) is 0 Å². The largest absolute Gasteiger partial charge is 0.383 e. The van der Waals surface area contributed by atoms with Crippen molar-refractivity contribution < 1.29 is 14.6 Å². The maximum absolute atomic E-state index is 11.5. The Morgan fingerprint density at radius 3 is 0.787 bits per heavy atom. The van der Waals surface area contributed by atoms with E-state index in [1.165, 1.54) is 218 Å². The van der Waals surface area contributed by atoms with Crippen molar-refractivity contribution in [2.24, 2.45) is 0 Å². The zero-order chi connectivity index (χ0) is 34.1. The van der Waals surface area contributed by atoms with Crippen LogP contribution >= 0.6 is 0 Å². The standard InChI is InChI=1S/C44H87O3/c1-3-5-7-9-11-13-15-17-19-21-23-24-26-28-30-32-34-36-38-40-42-47-43(44(45)46)41-39-37-35-33-31-29-27-25-22-20-18-16-14-12-10-8-6-4-2/h43H,3-42H2,1-2H3. The van der Waals surface area contributed by atoms with Crippen molar-refractivity contribution in [1.82, 2.24) is 0 Å². The Balaban J connectivity index is 3.34. The van der Waals surface area contributed by atoms with Gasteiger partial charge in [0.2, 0.25) is 0 Å². The second-order valence-corrected chi connectivity index (χ2v) is 15.2. The van der Waals surface area contributed by atoms with Gasteiger partial charge in [-0.05, 0) is 12.8 Å². The van der Waals surface area contributed by atoms with E-state index >= 15 is 0 Å². The summed E-state index contributed by atoms with van der Waals surface area (Å²) < 4.78 is 5.71. The maximum atomic E-state index is 11.5. The minimum Gasteiger partial charge on any atom is -0.366 e. The van der Waals surface area contributed by atoms with Crippen molar-refractivity contribution in [3.8, 4) is 0 Å². The van der Waals surface area contributed by atoms with Gasteiger partial charge in [0.05, 0.1) is 0 Å². The fraction of sp³-hybridized carbons (Fsp3) is 0.977. The van der Waals surface area contributed by atoms with E-state index in [-0.39, 0.29) is 0 Å². The summed E-state index contributed by atoms with van der Waals surface area (Å²) in [5.41, 5.74) is 0. The van der Waals surface area contributed by atoms with Gasteiger partial charge >= 0.3 is 5.97 Å². The van der Waals surface area contributed by atoms with Gasteiger partial charge in [-0.25, -0.2) is 9.90 Å². The maximum Gasteiger partial charge on any atom is 0.383 e. The molecule has 0 aromatic rings. The highest BCUT2D eigenvalue weighted by molar-refractivity contribution is 5.71. The van der Waals surface area contributed by atoms with Crippen LogP contribution in [-0.2, 0) is 14.6 Å². The Labute approximate surface area is 297 Å². The summed E-state index contributed by atoms with van der Waals surface area (Å²) in [6.45, 7) is 5.15. The molecule has 0 aliphatic rings. The predicted molar refractivity (Wildman–Crippen MR) is 207 cm³/mol. The molecule has 3 nitrogen and oxygen atoms in total. The van der Waals surface area contributed by atoms with Gasteiger partial charge in [-0.2, -0.15) is 0 Å². The van der Waals surface area contributed by atoms with Gasteiger partial charge in [0.15, 0.2) is 6.10 Å². The predicted octanol–water partition coefficient (Wildman–Crippen LogP) is 15.6. The van der Waals surface area contributed by atoms with Crippen molar-refractivity contribution in [1.29, 1.82) is 0 Å². The highest BCUT2D eigenvalue weighted by atomic mass is 16.5. The van der Waals surface area contributed by atoms with Crippen molar-refractivity contribution in [3.63, 3.8) is 0 Å². The quantitative estimate of drug-likeness (QED) is 0.0610. The number of hydrogen-bond acceptors (Lipinski definition) is 2. The van der Waals surface area contributed by atoms with Crippen LogP contribution in [0.5, 0.6) is 0 Å². The Hall–Kier alpha value is -0.570. The number of unbranched alkanes of at least 4 members (excludes halogenated alkanes) is 36. The lowest BCUT2D eigenvalue weighted by Gasteiger charge is -2.12. The summed E-state index contributed by atoms with van der Waals surface area (Å²) in [7, 11) is 0. The van der Waals surface area contributed by atoms with Gasteiger partial charge in [0, 0.05) is 6.61 Å². The van der Waals surface area contributed by atoms with Crippen molar-refractivity contribution in [3.05, 3.63) is 0 Å². The van der Waals surface area contributed by atoms with Crippen LogP contribution in [-0.4, -0.2) is 18.7 Å². The molecule has 3 heteroatoms. The second-order valence-electron chi connectivity index (χ2n) is 15.2. The molecule has 0 fully saturated rings. The van der Waals surface area contributed by atoms with Crippen LogP contribution in [0.3, 0.4) is 0 Å². The summed E-state index contributed by atoms with van der Waals surface area (Å²) >= 11 is 0. The van der Waals surface area contributed by atoms with Crippen molar-refractivity contribution >= 4 is 5.97 Å². The Bertz CT molecular complexity index is 576. The monoisotopic (exact) mass is 664 g/mol. The first kappa shape index (κ1) is 46.4. The highest BCUT2D eigenvalue weighted by Crippen LogP contribution is 2.17. The van der Waals surface area contributed by atoms with Gasteiger partial charge in [-0.3, -0.25) is 0 Å². The highest BCUT2D eigenvalue weighted by Gasteiger charge is 2.19. The molecule has 0 spiro atoms. The summed E-state index contributed by atoms with van der Waals surface area (Å²) in [5.74, 6) is -1.02. The van der Waals surface area contributed by atoms with Crippen LogP contribution in [0.15, 0.2) is 0 Å². The number of hydrogen-bond donors (Lipinski definition) is 0. The van der Waals surface area contributed by atoms with Gasteiger partial charge in [0.25, 0.3) is 0 Å². The molecule has 0 aromatic carbocycles. The number of ether oxygens (including phenoxy) is 1. The average Bonchev–Trinajstić information content (AvgIpc) is 3.07. The molecule has 0 saturated heterocycles. The van der Waals surface area contributed by atoms with Gasteiger partial charge in [-0.1, -0.05) is 251 Å². The summed E-state index contributed by atoms with van der Waals surface area (Å²) in [5, 5.41) is 11.5. The van der Waals surface area contributed by atoms with Crippen molar-refractivity contribution in [2.45, 2.75) is 270 Å². The smallest absolute Gasteiger partial charge is 0.366 e. The zero-order valence-electron chi connectivity index (χ0n) is 32.6. The molecule has 1 unspecified atom stereocenters. The van der Waals surface area contributed by atoms with E-state index in [1.807, 2.05) is 0 Å². The molecule has 0 amide bonds. The van der Waals surface area contributed by atoms with E-state index < -0.39 is 12.1 Å². The first-order chi connectivity index (χ1) is 23.2. The molecule has 281 valence electrons. The van der Waals surface area contributed by atoms with Gasteiger partial charge in [-0.15, -0.1) is 0 Å². The molecule has 0 heterocycles. The molecule has 0 N–H and O–H groups in total. The third-order valence-electron chi connectivity index (χ3n) is 10.4. The molecule has 0 aromatic heterocycles. The van der Waals surface area contributed by atoms with E-state index in [0.29, 0.717) is 13.0 Å². The van der Waals surface area contributed by atoms with Gasteiger partial charge in [0.1, 0.15) is 0 Å². The topological polar surface area (TPSA) is 46.2 Å². The Morgan fingerprint density at radius 2 is 0.553 bits per heavy atom. The van der Waals surface area contributed by atoms with Crippen LogP contribution in [0.1, 0.15) is 264 Å². The summed E-state index contributed by atoms with van der Waals surface area (Å²) in [6, 6.07) is 0. The lowest BCUT2D eigenvalue weighted by molar-refractivity contribution is -0.157. The fourth-order valence-electron chi connectivity index (χ4n) is 7.08. The summed E-state index contributed by atoms with van der Waals surface area (Å²) in [4.78, 5) is 11.5. The first-order valence-corrected chi connectivity index (χ1v) is 22.0. The summed E-state index contributed by atoms with van der Waals surface area (Å²) in [6.07, 6.45) is 51.6. The fourth-order valence-corrected chi connectivity index (χ4v) is 7.08. The molecule has 0 saturated carbocycles. The minimum absolute atomic E-state index is 0.566. The average molecular weight is 664 g/mol. The molecule has 1 radical (unpaired) electrons. The molecular weight excluding hydrogens is 576 g/mol. The van der Waals surface area contributed by atoms with Crippen molar-refractivity contribution in [2.75, 3.05) is 6.61 Å². The van der Waals surface area contributed by atoms with E-state index in [1.54, 1.807) is 0 Å². The lowest BCUT2D eigenvalue weighted by atomic mass is 10.0. The first-order valence-electron chi connectivity index (χ1n) is 22.0.